The van der Waals surface area contributed by atoms with Gasteiger partial charge in [0.1, 0.15) is 17.0 Å². The predicted molar refractivity (Wildman–Crippen MR) is 128 cm³/mol. The Labute approximate surface area is 181 Å². The monoisotopic (exact) mass is 414 g/mol. The summed E-state index contributed by atoms with van der Waals surface area (Å²) in [6.45, 7) is 6.81. The van der Waals surface area contributed by atoms with Crippen LogP contribution in [0.2, 0.25) is 0 Å². The highest BCUT2D eigenvalue weighted by atomic mass is 32.1. The van der Waals surface area contributed by atoms with E-state index in [9.17, 15) is 0 Å². The van der Waals surface area contributed by atoms with Crippen LogP contribution in [0.1, 0.15) is 24.6 Å². The summed E-state index contributed by atoms with van der Waals surface area (Å²) >= 11 is 1.72. The first-order valence-corrected chi connectivity index (χ1v) is 11.4. The Morgan fingerprint density at radius 2 is 1.70 bits per heavy atom. The summed E-state index contributed by atoms with van der Waals surface area (Å²) in [7, 11) is 0. The van der Waals surface area contributed by atoms with Crippen LogP contribution in [-0.2, 0) is 0 Å². The fourth-order valence-corrected chi connectivity index (χ4v) is 5.26. The number of anilines is 3. The maximum absolute atomic E-state index is 4.60. The quantitative estimate of drug-likeness (QED) is 0.406. The van der Waals surface area contributed by atoms with Crippen molar-refractivity contribution >= 4 is 38.7 Å². The van der Waals surface area contributed by atoms with Crippen molar-refractivity contribution in [2.24, 2.45) is 5.92 Å². The zero-order chi connectivity index (χ0) is 20.5. The van der Waals surface area contributed by atoms with Crippen LogP contribution in [0.5, 0.6) is 0 Å². The van der Waals surface area contributed by atoms with E-state index in [0.717, 1.165) is 40.7 Å². The Balaban J connectivity index is 1.46. The first-order valence-electron chi connectivity index (χ1n) is 10.6. The van der Waals surface area contributed by atoms with Gasteiger partial charge in [-0.25, -0.2) is 9.97 Å². The molecular formula is C25H26N4S. The molecule has 4 aromatic rings. The van der Waals surface area contributed by atoms with E-state index in [1.54, 1.807) is 17.7 Å². The summed E-state index contributed by atoms with van der Waals surface area (Å²) in [5, 5.41) is 4.64. The number of hydrogen-bond donors (Lipinski definition) is 1. The van der Waals surface area contributed by atoms with Crippen LogP contribution in [0, 0.1) is 12.8 Å². The fraction of sp³-hybridized carbons (Fsp3) is 0.280. The van der Waals surface area contributed by atoms with Crippen molar-refractivity contribution in [1.82, 2.24) is 9.97 Å². The molecule has 4 nitrogen and oxygen atoms in total. The van der Waals surface area contributed by atoms with Crippen molar-refractivity contribution in [3.63, 3.8) is 0 Å². The van der Waals surface area contributed by atoms with Crippen molar-refractivity contribution in [2.45, 2.75) is 26.7 Å². The van der Waals surface area contributed by atoms with Gasteiger partial charge < -0.3 is 10.2 Å². The SMILES string of the molecule is Cc1sc2ncnc(Nc3ccc(N4CCC(C)CC4)cc3)c2c1-c1ccccc1. The van der Waals surface area contributed by atoms with Crippen LogP contribution in [0.4, 0.5) is 17.2 Å². The van der Waals surface area contributed by atoms with E-state index < -0.39 is 0 Å². The summed E-state index contributed by atoms with van der Waals surface area (Å²) in [4.78, 5) is 13.9. The third-order valence-electron chi connectivity index (χ3n) is 6.01. The van der Waals surface area contributed by atoms with E-state index in [1.807, 2.05) is 6.07 Å². The van der Waals surface area contributed by atoms with Gasteiger partial charge in [0, 0.05) is 34.9 Å². The summed E-state index contributed by atoms with van der Waals surface area (Å²) in [6.07, 6.45) is 4.20. The highest BCUT2D eigenvalue weighted by Gasteiger charge is 2.18. The molecule has 0 atom stereocenters. The zero-order valence-electron chi connectivity index (χ0n) is 17.4. The van der Waals surface area contributed by atoms with Crippen LogP contribution in [0.15, 0.2) is 60.9 Å². The van der Waals surface area contributed by atoms with Gasteiger partial charge in [0.25, 0.3) is 0 Å². The number of aromatic nitrogens is 2. The van der Waals surface area contributed by atoms with E-state index in [1.165, 1.54) is 34.5 Å². The van der Waals surface area contributed by atoms with Crippen LogP contribution in [0.25, 0.3) is 21.3 Å². The molecule has 30 heavy (non-hydrogen) atoms. The highest BCUT2D eigenvalue weighted by molar-refractivity contribution is 7.19. The molecule has 0 radical (unpaired) electrons. The minimum Gasteiger partial charge on any atom is -0.372 e. The molecule has 0 amide bonds. The van der Waals surface area contributed by atoms with Crippen LogP contribution >= 0.6 is 11.3 Å². The Bertz CT molecular complexity index is 1140. The molecule has 1 saturated heterocycles. The summed E-state index contributed by atoms with van der Waals surface area (Å²) < 4.78 is 0. The molecule has 0 aliphatic carbocycles. The first-order chi connectivity index (χ1) is 14.7. The largest absolute Gasteiger partial charge is 0.372 e. The van der Waals surface area contributed by atoms with Gasteiger partial charge in [-0.05, 0) is 55.5 Å². The normalized spacial score (nSPS) is 14.9. The van der Waals surface area contributed by atoms with Gasteiger partial charge in [-0.1, -0.05) is 37.3 Å². The highest BCUT2D eigenvalue weighted by Crippen LogP contribution is 2.41. The number of rotatable bonds is 4. The summed E-state index contributed by atoms with van der Waals surface area (Å²) in [5.74, 6) is 1.71. The number of fused-ring (bicyclic) bond motifs is 1. The van der Waals surface area contributed by atoms with Gasteiger partial charge in [0.15, 0.2) is 0 Å². The lowest BCUT2D eigenvalue weighted by Crippen LogP contribution is -2.32. The topological polar surface area (TPSA) is 41.1 Å². The number of benzene rings is 2. The van der Waals surface area contributed by atoms with Crippen molar-refractivity contribution in [3.05, 3.63) is 65.8 Å². The second kappa shape index (κ2) is 8.07. The Kier molecular flexibility index (Phi) is 5.13. The number of nitrogens with zero attached hydrogens (tertiary/aromatic N) is 3. The first kappa shape index (κ1) is 19.1. The molecule has 1 N–H and O–H groups in total. The van der Waals surface area contributed by atoms with Gasteiger partial charge in [-0.3, -0.25) is 0 Å². The average molecular weight is 415 g/mol. The number of piperidine rings is 1. The molecule has 5 rings (SSSR count). The molecule has 1 aliphatic rings. The van der Waals surface area contributed by atoms with E-state index in [2.05, 4.69) is 82.6 Å². The molecule has 0 bridgehead atoms. The lowest BCUT2D eigenvalue weighted by molar-refractivity contribution is 0.438. The molecule has 5 heteroatoms. The fourth-order valence-electron chi connectivity index (χ4n) is 4.25. The van der Waals surface area contributed by atoms with Gasteiger partial charge >= 0.3 is 0 Å². The Hall–Kier alpha value is -2.92. The van der Waals surface area contributed by atoms with Crippen molar-refractivity contribution < 1.29 is 0 Å². The molecule has 1 fully saturated rings. The van der Waals surface area contributed by atoms with E-state index in [4.69, 9.17) is 0 Å². The Morgan fingerprint density at radius 3 is 2.43 bits per heavy atom. The number of hydrogen-bond acceptors (Lipinski definition) is 5. The van der Waals surface area contributed by atoms with E-state index in [-0.39, 0.29) is 0 Å². The van der Waals surface area contributed by atoms with Gasteiger partial charge in [-0.15, -0.1) is 11.3 Å². The standard InChI is InChI=1S/C25H26N4S/c1-17-12-14-29(15-13-17)21-10-8-20(9-11-21)28-24-23-22(19-6-4-3-5-7-19)18(2)30-25(23)27-16-26-24/h3-11,16-17H,12-15H2,1-2H3,(H,26,27,28). The zero-order valence-corrected chi connectivity index (χ0v) is 18.2. The maximum Gasteiger partial charge on any atom is 0.143 e. The van der Waals surface area contributed by atoms with E-state index >= 15 is 0 Å². The molecule has 0 spiro atoms. The molecule has 152 valence electrons. The molecule has 0 unspecified atom stereocenters. The van der Waals surface area contributed by atoms with Crippen molar-refractivity contribution in [1.29, 1.82) is 0 Å². The van der Waals surface area contributed by atoms with Crippen molar-refractivity contribution in [2.75, 3.05) is 23.3 Å². The lowest BCUT2D eigenvalue weighted by atomic mass is 9.99. The molecule has 0 saturated carbocycles. The minimum absolute atomic E-state index is 0.843. The third-order valence-corrected chi connectivity index (χ3v) is 7.02. The number of aryl methyl sites for hydroxylation is 1. The summed E-state index contributed by atoms with van der Waals surface area (Å²) in [6, 6.07) is 19.3. The third kappa shape index (κ3) is 3.65. The molecule has 2 aromatic heterocycles. The lowest BCUT2D eigenvalue weighted by Gasteiger charge is -2.32. The minimum atomic E-state index is 0.843. The molecular weight excluding hydrogens is 388 g/mol. The average Bonchev–Trinajstić information content (AvgIpc) is 3.12. The van der Waals surface area contributed by atoms with Crippen LogP contribution < -0.4 is 10.2 Å². The second-order valence-electron chi connectivity index (χ2n) is 8.14. The smallest absolute Gasteiger partial charge is 0.143 e. The molecule has 3 heterocycles. The van der Waals surface area contributed by atoms with Crippen LogP contribution in [0.3, 0.4) is 0 Å². The van der Waals surface area contributed by atoms with Gasteiger partial charge in [0.05, 0.1) is 5.39 Å². The maximum atomic E-state index is 4.60. The van der Waals surface area contributed by atoms with Crippen LogP contribution in [-0.4, -0.2) is 23.1 Å². The Morgan fingerprint density at radius 1 is 0.967 bits per heavy atom. The van der Waals surface area contributed by atoms with Gasteiger partial charge in [-0.2, -0.15) is 0 Å². The second-order valence-corrected chi connectivity index (χ2v) is 9.35. The number of thiophene rings is 1. The van der Waals surface area contributed by atoms with Crippen molar-refractivity contribution in [3.8, 4) is 11.1 Å². The molecule has 2 aromatic carbocycles. The number of nitrogens with one attached hydrogen (secondary N) is 1. The molecule has 1 aliphatic heterocycles. The summed E-state index contributed by atoms with van der Waals surface area (Å²) in [5.41, 5.74) is 4.77. The van der Waals surface area contributed by atoms with E-state index in [0.29, 0.717) is 0 Å². The predicted octanol–water partition coefficient (Wildman–Crippen LogP) is 6.65. The van der Waals surface area contributed by atoms with Gasteiger partial charge in [0.2, 0.25) is 0 Å².